The minimum Gasteiger partial charge on any atom is -0.512 e. The molecule has 0 heterocycles. The van der Waals surface area contributed by atoms with Gasteiger partial charge in [-0.1, -0.05) is 74.5 Å². The first-order valence-corrected chi connectivity index (χ1v) is 9.96. The number of benzene rings is 2. The Kier molecular flexibility index (Phi) is 6.21. The monoisotopic (exact) mass is 356 g/mol. The van der Waals surface area contributed by atoms with Crippen LogP contribution in [-0.4, -0.2) is 13.5 Å². The molecule has 1 N–H and O–H groups in total. The molecule has 3 nitrogen and oxygen atoms in total. The van der Waals surface area contributed by atoms with Crippen LogP contribution in [0.5, 0.6) is 0 Å². The molecule has 2 aromatic carbocycles. The summed E-state index contributed by atoms with van der Waals surface area (Å²) in [6.07, 6.45) is 1.52. The van der Waals surface area contributed by atoms with Gasteiger partial charge in [0.15, 0.2) is 9.84 Å². The lowest BCUT2D eigenvalue weighted by Crippen LogP contribution is -2.08. The number of rotatable bonds is 7. The van der Waals surface area contributed by atoms with E-state index in [1.807, 2.05) is 37.3 Å². The van der Waals surface area contributed by atoms with Gasteiger partial charge in [0.2, 0.25) is 0 Å². The van der Waals surface area contributed by atoms with Crippen molar-refractivity contribution in [3.63, 3.8) is 0 Å². The fourth-order valence-electron chi connectivity index (χ4n) is 2.80. The third-order valence-electron chi connectivity index (χ3n) is 4.06. The second-order valence-corrected chi connectivity index (χ2v) is 8.04. The van der Waals surface area contributed by atoms with Crippen LogP contribution >= 0.6 is 0 Å². The van der Waals surface area contributed by atoms with Gasteiger partial charge >= 0.3 is 0 Å². The van der Waals surface area contributed by atoms with Crippen LogP contribution in [0.2, 0.25) is 0 Å². The van der Waals surface area contributed by atoms with Crippen molar-refractivity contribution in [3.8, 4) is 0 Å². The molecule has 0 unspecified atom stereocenters. The van der Waals surface area contributed by atoms with E-state index in [4.69, 9.17) is 0 Å². The minimum atomic E-state index is -3.56. The van der Waals surface area contributed by atoms with Gasteiger partial charge < -0.3 is 5.11 Å². The third-order valence-corrected chi connectivity index (χ3v) is 5.75. The van der Waals surface area contributed by atoms with Gasteiger partial charge in [-0.15, -0.1) is 0 Å². The summed E-state index contributed by atoms with van der Waals surface area (Å²) in [6.45, 7) is 7.51. The molecule has 0 spiro atoms. The average Bonchev–Trinajstić information content (AvgIpc) is 2.59. The molecule has 0 aliphatic carbocycles. The molecule has 0 aliphatic rings. The summed E-state index contributed by atoms with van der Waals surface area (Å²) in [5, 5.41) is 10.0. The molecule has 0 amide bonds. The largest absolute Gasteiger partial charge is 0.512 e. The van der Waals surface area contributed by atoms with E-state index in [9.17, 15) is 13.5 Å². The van der Waals surface area contributed by atoms with E-state index in [0.29, 0.717) is 12.0 Å². The van der Waals surface area contributed by atoms with E-state index in [-0.39, 0.29) is 16.4 Å². The average molecular weight is 356 g/mol. The summed E-state index contributed by atoms with van der Waals surface area (Å²) in [4.78, 5) is 0.0850. The Labute approximate surface area is 150 Å². The number of aliphatic hydroxyl groups is 1. The Bertz CT molecular complexity index is 874. The van der Waals surface area contributed by atoms with Crippen LogP contribution in [0.4, 0.5) is 0 Å². The van der Waals surface area contributed by atoms with Crippen LogP contribution in [0, 0.1) is 0 Å². The zero-order chi connectivity index (χ0) is 18.4. The number of aliphatic hydroxyl groups excluding tert-OH is 1. The highest BCUT2D eigenvalue weighted by molar-refractivity contribution is 7.99. The maximum Gasteiger partial charge on any atom is 0.182 e. The van der Waals surface area contributed by atoms with Crippen LogP contribution in [0.1, 0.15) is 43.4 Å². The predicted molar refractivity (Wildman–Crippen MR) is 105 cm³/mol. The number of hydrogen-bond acceptors (Lipinski definition) is 3. The molecule has 4 heteroatoms. The summed E-state index contributed by atoms with van der Waals surface area (Å²) in [5.41, 5.74) is 2.76. The fraction of sp³-hybridized carbons (Fsp3) is 0.238. The summed E-state index contributed by atoms with van der Waals surface area (Å²) in [7, 11) is -3.56. The highest BCUT2D eigenvalue weighted by Crippen LogP contribution is 2.32. The number of sulfone groups is 1. The van der Waals surface area contributed by atoms with Crippen molar-refractivity contribution in [1.82, 2.24) is 0 Å². The van der Waals surface area contributed by atoms with Gasteiger partial charge in [-0.3, -0.25) is 0 Å². The van der Waals surface area contributed by atoms with Crippen molar-refractivity contribution in [2.24, 2.45) is 0 Å². The zero-order valence-electron chi connectivity index (χ0n) is 14.7. The molecule has 25 heavy (non-hydrogen) atoms. The first-order chi connectivity index (χ1) is 11.9. The lowest BCUT2D eigenvalue weighted by Gasteiger charge is -2.16. The molecule has 0 aliphatic heterocycles. The molecule has 0 atom stereocenters. The van der Waals surface area contributed by atoms with E-state index < -0.39 is 9.84 Å². The van der Waals surface area contributed by atoms with Gasteiger partial charge in [0.05, 0.1) is 16.4 Å². The molecule has 0 fully saturated rings. The minimum absolute atomic E-state index is 0.0850. The van der Waals surface area contributed by atoms with Crippen molar-refractivity contribution in [3.05, 3.63) is 83.6 Å². The topological polar surface area (TPSA) is 54.4 Å². The molecule has 0 aromatic heterocycles. The normalized spacial score (nSPS) is 12.6. The van der Waals surface area contributed by atoms with Gasteiger partial charge in [0.1, 0.15) is 0 Å². The SMILES string of the molecule is C=C(c1ccccc1/C(CCC)=C(\C)O)S(=O)(=O)Cc1ccccc1. The number of hydrogen-bond donors (Lipinski definition) is 1. The highest BCUT2D eigenvalue weighted by Gasteiger charge is 2.22. The molecule has 0 bridgehead atoms. The van der Waals surface area contributed by atoms with E-state index in [0.717, 1.165) is 23.1 Å². The van der Waals surface area contributed by atoms with E-state index >= 15 is 0 Å². The summed E-state index contributed by atoms with van der Waals surface area (Å²) < 4.78 is 25.6. The van der Waals surface area contributed by atoms with E-state index in [1.165, 1.54) is 0 Å². The quantitative estimate of drug-likeness (QED) is 0.679. The molecule has 0 saturated carbocycles. The van der Waals surface area contributed by atoms with Gasteiger partial charge in [-0.05, 0) is 30.0 Å². The second-order valence-electron chi connectivity index (χ2n) is 6.03. The Balaban J connectivity index is 2.45. The van der Waals surface area contributed by atoms with Crippen molar-refractivity contribution in [1.29, 1.82) is 0 Å². The van der Waals surface area contributed by atoms with Crippen LogP contribution in [0.25, 0.3) is 10.5 Å². The molecule has 2 rings (SSSR count). The van der Waals surface area contributed by atoms with E-state index in [1.54, 1.807) is 31.2 Å². The van der Waals surface area contributed by atoms with Crippen LogP contribution in [0.15, 0.2) is 66.9 Å². The van der Waals surface area contributed by atoms with Crippen LogP contribution < -0.4 is 0 Å². The third kappa shape index (κ3) is 4.60. The Hall–Kier alpha value is -2.33. The van der Waals surface area contributed by atoms with Crippen molar-refractivity contribution in [2.75, 3.05) is 0 Å². The second kappa shape index (κ2) is 8.17. The van der Waals surface area contributed by atoms with Gasteiger partial charge in [0.25, 0.3) is 0 Å². The van der Waals surface area contributed by atoms with Crippen LogP contribution in [-0.2, 0) is 15.6 Å². The lowest BCUT2D eigenvalue weighted by molar-refractivity contribution is 0.415. The highest BCUT2D eigenvalue weighted by atomic mass is 32.2. The van der Waals surface area contributed by atoms with Crippen molar-refractivity contribution in [2.45, 2.75) is 32.4 Å². The maximum atomic E-state index is 12.8. The summed E-state index contributed by atoms with van der Waals surface area (Å²) >= 11 is 0. The Morgan fingerprint density at radius 2 is 1.56 bits per heavy atom. The molecule has 132 valence electrons. The van der Waals surface area contributed by atoms with Crippen LogP contribution in [0.3, 0.4) is 0 Å². The van der Waals surface area contributed by atoms with E-state index in [2.05, 4.69) is 6.58 Å². The molecule has 0 radical (unpaired) electrons. The predicted octanol–water partition coefficient (Wildman–Crippen LogP) is 5.36. The first-order valence-electron chi connectivity index (χ1n) is 8.31. The fourth-order valence-corrected chi connectivity index (χ4v) is 4.12. The van der Waals surface area contributed by atoms with Crippen molar-refractivity contribution < 1.29 is 13.5 Å². The molecule has 2 aromatic rings. The van der Waals surface area contributed by atoms with Gasteiger partial charge in [0, 0.05) is 5.56 Å². The molecular weight excluding hydrogens is 332 g/mol. The van der Waals surface area contributed by atoms with Gasteiger partial charge in [-0.2, -0.15) is 0 Å². The standard InChI is InChI=1S/C21H24O3S/c1-4-10-19(16(2)22)21-14-9-8-13-20(21)17(3)25(23,24)15-18-11-6-5-7-12-18/h5-9,11-14,22H,3-4,10,15H2,1-2H3/b19-16+. The molecule has 0 saturated heterocycles. The summed E-state index contributed by atoms with van der Waals surface area (Å²) in [6, 6.07) is 16.3. The van der Waals surface area contributed by atoms with Gasteiger partial charge in [-0.25, -0.2) is 8.42 Å². The summed E-state index contributed by atoms with van der Waals surface area (Å²) in [5.74, 6) is 0.119. The lowest BCUT2D eigenvalue weighted by atomic mass is 9.95. The zero-order valence-corrected chi connectivity index (χ0v) is 15.5. The smallest absolute Gasteiger partial charge is 0.182 e. The molecular formula is C21H24O3S. The Morgan fingerprint density at radius 1 is 1.00 bits per heavy atom. The van der Waals surface area contributed by atoms with Crippen molar-refractivity contribution >= 4 is 20.3 Å². The first kappa shape index (κ1) is 19.0. The number of allylic oxidation sites excluding steroid dienone is 2. The Morgan fingerprint density at radius 3 is 2.12 bits per heavy atom. The maximum absolute atomic E-state index is 12.8.